The molecule has 0 unspecified atom stereocenters. The molecule has 2 aliphatic heterocycles. The summed E-state index contributed by atoms with van der Waals surface area (Å²) < 4.78 is 5.74. The van der Waals surface area contributed by atoms with Crippen molar-refractivity contribution in [2.75, 3.05) is 39.4 Å². The number of carboxylic acid groups (broad SMARTS) is 1. The first-order valence-electron chi connectivity index (χ1n) is 9.58. The highest BCUT2D eigenvalue weighted by atomic mass is 16.5. The van der Waals surface area contributed by atoms with Crippen LogP contribution < -0.4 is 0 Å². The van der Waals surface area contributed by atoms with Gasteiger partial charge in [-0.15, -0.1) is 0 Å². The highest BCUT2D eigenvalue weighted by molar-refractivity contribution is 5.95. The first-order chi connectivity index (χ1) is 13.6. The average Bonchev–Trinajstić information content (AvgIpc) is 2.98. The maximum Gasteiger partial charge on any atom is 0.317 e. The van der Waals surface area contributed by atoms with Crippen LogP contribution in [0.2, 0.25) is 0 Å². The fourth-order valence-corrected chi connectivity index (χ4v) is 4.11. The molecule has 28 heavy (non-hydrogen) atoms. The summed E-state index contributed by atoms with van der Waals surface area (Å²) in [5.74, 6) is -0.730. The predicted octanol–water partition coefficient (Wildman–Crippen LogP) is 2.21. The topological polar surface area (TPSA) is 70.1 Å². The van der Waals surface area contributed by atoms with Gasteiger partial charge in [-0.05, 0) is 23.3 Å². The molecule has 0 radical (unpaired) electrons. The number of hydrogen-bond acceptors (Lipinski definition) is 4. The number of fused-ring (bicyclic) bond motifs is 3. The smallest absolute Gasteiger partial charge is 0.317 e. The Balaban J connectivity index is 1.53. The summed E-state index contributed by atoms with van der Waals surface area (Å²) in [4.78, 5) is 28.1. The molecule has 2 aromatic carbocycles. The maximum absolute atomic E-state index is 13.2. The Morgan fingerprint density at radius 3 is 2.36 bits per heavy atom. The first kappa shape index (κ1) is 18.7. The number of hydrogen-bond donors (Lipinski definition) is 1. The Hall–Kier alpha value is -2.70. The molecule has 6 heteroatoms. The minimum atomic E-state index is -0.838. The molecule has 1 amide bonds. The molecule has 4 rings (SSSR count). The zero-order valence-corrected chi connectivity index (χ0v) is 15.7. The Morgan fingerprint density at radius 2 is 1.64 bits per heavy atom. The zero-order valence-electron chi connectivity index (χ0n) is 15.7. The molecule has 146 valence electrons. The summed E-state index contributed by atoms with van der Waals surface area (Å²) in [7, 11) is 0. The van der Waals surface area contributed by atoms with Gasteiger partial charge in [0.25, 0.3) is 5.91 Å². The van der Waals surface area contributed by atoms with Crippen molar-refractivity contribution in [2.45, 2.75) is 6.04 Å². The molecule has 2 aromatic rings. The standard InChI is InChI=1S/C22H24N2O4/c25-21(26)13-23-10-16-11-24(20(12-23)15-28-14-16)22(27)19-8-6-18(7-9-19)17-4-2-1-3-5-17/h1-9,16,20H,10-15H2,(H,25,26)/t16-,20-/m0/s1. The second-order valence-electron chi connectivity index (χ2n) is 7.55. The van der Waals surface area contributed by atoms with Gasteiger partial charge >= 0.3 is 5.97 Å². The van der Waals surface area contributed by atoms with E-state index in [0.717, 1.165) is 11.1 Å². The van der Waals surface area contributed by atoms with Crippen molar-refractivity contribution in [3.8, 4) is 11.1 Å². The molecular formula is C22H24N2O4. The summed E-state index contributed by atoms with van der Waals surface area (Å²) in [5.41, 5.74) is 2.84. The number of carboxylic acids is 1. The van der Waals surface area contributed by atoms with Gasteiger partial charge in [-0.1, -0.05) is 42.5 Å². The SMILES string of the molecule is O=C(O)CN1C[C@@H]2COC[C@H](C1)N(C(=O)c1ccc(-c3ccccc3)cc1)C2. The molecule has 6 nitrogen and oxygen atoms in total. The number of carbonyl (C=O) groups is 2. The van der Waals surface area contributed by atoms with Crippen molar-refractivity contribution in [1.29, 1.82) is 0 Å². The minimum absolute atomic E-state index is 0.000797. The predicted molar refractivity (Wildman–Crippen MR) is 105 cm³/mol. The molecule has 0 spiro atoms. The zero-order chi connectivity index (χ0) is 19.5. The molecule has 2 fully saturated rings. The summed E-state index contributed by atoms with van der Waals surface area (Å²) in [6, 6.07) is 17.6. The van der Waals surface area contributed by atoms with E-state index in [4.69, 9.17) is 9.84 Å². The number of benzene rings is 2. The van der Waals surface area contributed by atoms with Crippen LogP contribution in [0.1, 0.15) is 10.4 Å². The third-order valence-electron chi connectivity index (χ3n) is 5.40. The van der Waals surface area contributed by atoms with Crippen molar-refractivity contribution in [3.63, 3.8) is 0 Å². The monoisotopic (exact) mass is 380 g/mol. The summed E-state index contributed by atoms with van der Waals surface area (Å²) in [5, 5.41) is 9.14. The Kier molecular flexibility index (Phi) is 5.41. The normalized spacial score (nSPS) is 22.5. The second-order valence-corrected chi connectivity index (χ2v) is 7.55. The van der Waals surface area contributed by atoms with Gasteiger partial charge in [-0.25, -0.2) is 0 Å². The fourth-order valence-electron chi connectivity index (χ4n) is 4.11. The van der Waals surface area contributed by atoms with Gasteiger partial charge in [0.2, 0.25) is 0 Å². The van der Waals surface area contributed by atoms with Crippen LogP contribution >= 0.6 is 0 Å². The molecule has 0 saturated carbocycles. The van der Waals surface area contributed by atoms with E-state index in [0.29, 0.717) is 38.4 Å². The van der Waals surface area contributed by atoms with E-state index < -0.39 is 5.97 Å². The molecule has 2 atom stereocenters. The van der Waals surface area contributed by atoms with Gasteiger partial charge in [0.15, 0.2) is 0 Å². The Labute approximate surface area is 164 Å². The Bertz CT molecular complexity index is 837. The van der Waals surface area contributed by atoms with Crippen LogP contribution in [0.25, 0.3) is 11.1 Å². The van der Waals surface area contributed by atoms with Gasteiger partial charge in [-0.3, -0.25) is 14.5 Å². The molecular weight excluding hydrogens is 356 g/mol. The van der Waals surface area contributed by atoms with Gasteiger partial charge in [0.05, 0.1) is 25.8 Å². The Morgan fingerprint density at radius 1 is 0.929 bits per heavy atom. The molecule has 0 aromatic heterocycles. The van der Waals surface area contributed by atoms with Crippen LogP contribution in [-0.4, -0.2) is 72.2 Å². The summed E-state index contributed by atoms with van der Waals surface area (Å²) >= 11 is 0. The second kappa shape index (κ2) is 8.12. The lowest BCUT2D eigenvalue weighted by Gasteiger charge is -2.30. The number of aliphatic carboxylic acids is 1. The lowest BCUT2D eigenvalue weighted by Crippen LogP contribution is -2.47. The van der Waals surface area contributed by atoms with Crippen LogP contribution in [0, 0.1) is 5.92 Å². The van der Waals surface area contributed by atoms with Crippen molar-refractivity contribution >= 4 is 11.9 Å². The van der Waals surface area contributed by atoms with Gasteiger partial charge < -0.3 is 14.7 Å². The van der Waals surface area contributed by atoms with E-state index in [9.17, 15) is 9.59 Å². The number of amides is 1. The van der Waals surface area contributed by atoms with E-state index in [1.54, 1.807) is 0 Å². The molecule has 2 saturated heterocycles. The third kappa shape index (κ3) is 4.08. The minimum Gasteiger partial charge on any atom is -0.480 e. The lowest BCUT2D eigenvalue weighted by atomic mass is 10.0. The van der Waals surface area contributed by atoms with E-state index in [2.05, 4.69) is 0 Å². The van der Waals surface area contributed by atoms with Crippen molar-refractivity contribution in [3.05, 3.63) is 60.2 Å². The van der Waals surface area contributed by atoms with Crippen molar-refractivity contribution in [1.82, 2.24) is 9.80 Å². The summed E-state index contributed by atoms with van der Waals surface area (Å²) in [6.45, 7) is 2.76. The molecule has 2 aliphatic rings. The number of rotatable bonds is 4. The average molecular weight is 380 g/mol. The van der Waals surface area contributed by atoms with E-state index >= 15 is 0 Å². The first-order valence-corrected chi connectivity index (χ1v) is 9.58. The number of nitrogens with zero attached hydrogens (tertiary/aromatic N) is 2. The molecule has 2 bridgehead atoms. The highest BCUT2D eigenvalue weighted by Crippen LogP contribution is 2.24. The third-order valence-corrected chi connectivity index (χ3v) is 5.40. The van der Waals surface area contributed by atoms with E-state index in [1.807, 2.05) is 64.4 Å². The fraction of sp³-hybridized carbons (Fsp3) is 0.364. The van der Waals surface area contributed by atoms with Crippen molar-refractivity contribution in [2.24, 2.45) is 5.92 Å². The van der Waals surface area contributed by atoms with Crippen LogP contribution in [0.5, 0.6) is 0 Å². The highest BCUT2D eigenvalue weighted by Gasteiger charge is 2.36. The van der Waals surface area contributed by atoms with Crippen LogP contribution in [0.15, 0.2) is 54.6 Å². The summed E-state index contributed by atoms with van der Waals surface area (Å²) in [6.07, 6.45) is 0. The van der Waals surface area contributed by atoms with E-state index in [-0.39, 0.29) is 24.4 Å². The largest absolute Gasteiger partial charge is 0.480 e. The number of ether oxygens (including phenoxy) is 1. The van der Waals surface area contributed by atoms with Crippen LogP contribution in [0.3, 0.4) is 0 Å². The van der Waals surface area contributed by atoms with Crippen LogP contribution in [-0.2, 0) is 9.53 Å². The van der Waals surface area contributed by atoms with Gasteiger partial charge in [-0.2, -0.15) is 0 Å². The lowest BCUT2D eigenvalue weighted by molar-refractivity contribution is -0.138. The van der Waals surface area contributed by atoms with Crippen molar-refractivity contribution < 1.29 is 19.4 Å². The molecule has 0 aliphatic carbocycles. The molecule has 1 N–H and O–H groups in total. The van der Waals surface area contributed by atoms with Gasteiger partial charge in [0, 0.05) is 31.1 Å². The van der Waals surface area contributed by atoms with Gasteiger partial charge in [0.1, 0.15) is 0 Å². The molecule has 2 heterocycles. The number of carbonyl (C=O) groups excluding carboxylic acids is 1. The quantitative estimate of drug-likeness (QED) is 0.881. The van der Waals surface area contributed by atoms with E-state index in [1.165, 1.54) is 0 Å². The van der Waals surface area contributed by atoms with Crippen LogP contribution in [0.4, 0.5) is 0 Å². The maximum atomic E-state index is 13.2.